The summed E-state index contributed by atoms with van der Waals surface area (Å²) in [6.45, 7) is 6.39. The average Bonchev–Trinajstić information content (AvgIpc) is 1.41. The van der Waals surface area contributed by atoms with E-state index in [9.17, 15) is 0 Å². The summed E-state index contributed by atoms with van der Waals surface area (Å²) in [6.07, 6.45) is 0. The summed E-state index contributed by atoms with van der Waals surface area (Å²) < 4.78 is 0. The first-order valence-corrected chi connectivity index (χ1v) is 2.12. The van der Waals surface area contributed by atoms with Gasteiger partial charge in [-0.1, -0.05) is 21.3 Å². The van der Waals surface area contributed by atoms with E-state index in [1.165, 1.54) is 0 Å². The van der Waals surface area contributed by atoms with E-state index in [1.54, 1.807) is 0 Å². The van der Waals surface area contributed by atoms with Crippen LogP contribution in [0.2, 0.25) is 0 Å². The molecule has 1 N–H and O–H groups in total. The lowest BCUT2D eigenvalue weighted by atomic mass is 10.7. The van der Waals surface area contributed by atoms with Gasteiger partial charge in [-0.05, 0) is 13.1 Å². The third-order valence-electron chi connectivity index (χ3n) is 0.500. The highest BCUT2D eigenvalue weighted by Gasteiger charge is 1.62. The van der Waals surface area contributed by atoms with Crippen molar-refractivity contribution in [3.05, 3.63) is 0 Å². The van der Waals surface area contributed by atoms with Crippen molar-refractivity contribution in [3.8, 4) is 0 Å². The quantitative estimate of drug-likeness (QED) is 0.537. The lowest BCUT2D eigenvalue weighted by Gasteiger charge is -1.86. The summed E-state index contributed by atoms with van der Waals surface area (Å²) in [5.41, 5.74) is 0. The molecule has 0 spiro atoms. The van der Waals surface area contributed by atoms with Crippen LogP contribution in [0.5, 0.6) is 0 Å². The van der Waals surface area contributed by atoms with E-state index in [4.69, 9.17) is 0 Å². The van der Waals surface area contributed by atoms with Crippen molar-refractivity contribution < 1.29 is 0 Å². The van der Waals surface area contributed by atoms with Crippen molar-refractivity contribution in [2.24, 2.45) is 0 Å². The molecule has 40 valence electrons. The lowest BCUT2D eigenvalue weighted by Crippen LogP contribution is -2.09. The second-order valence-electron chi connectivity index (χ2n) is 0.957. The Morgan fingerprint density at radius 2 is 1.50 bits per heavy atom. The molecule has 0 atom stereocenters. The highest BCUT2D eigenvalue weighted by Crippen LogP contribution is 1.47. The van der Waals surface area contributed by atoms with Crippen LogP contribution in [0.25, 0.3) is 0 Å². The first-order chi connectivity index (χ1) is 2.41. The Hall–Kier alpha value is -0.0400. The molecule has 0 bridgehead atoms. The molecule has 0 fully saturated rings. The predicted octanol–water partition coefficient (Wildman–Crippen LogP) is 1.25. The van der Waals surface area contributed by atoms with Crippen LogP contribution in [0, 0.1) is 0 Å². The van der Waals surface area contributed by atoms with E-state index < -0.39 is 0 Å². The molecule has 1 heteroatoms. The van der Waals surface area contributed by atoms with Crippen LogP contribution >= 0.6 is 0 Å². The summed E-state index contributed by atoms with van der Waals surface area (Å²) in [5, 5.41) is 3.11. The van der Waals surface area contributed by atoms with Crippen molar-refractivity contribution >= 4 is 0 Å². The van der Waals surface area contributed by atoms with Gasteiger partial charge in [-0.2, -0.15) is 0 Å². The Balaban J connectivity index is 0. The monoisotopic (exact) mass is 89.1 g/mol. The molecular weight excluding hydrogens is 74.1 g/mol. The second-order valence-corrected chi connectivity index (χ2v) is 0.957. The zero-order valence-electron chi connectivity index (χ0n) is 3.91. The largest absolute Gasteiger partial charge is 0.317 e. The van der Waals surface area contributed by atoms with Gasteiger partial charge in [0.05, 0.1) is 0 Å². The van der Waals surface area contributed by atoms with E-state index in [0.29, 0.717) is 0 Å². The SMILES string of the molecule is C.CCNCC. The molecule has 0 aromatic rings. The average molecular weight is 89.2 g/mol. The fourth-order valence-corrected chi connectivity index (χ4v) is 0.250. The normalized spacial score (nSPS) is 7.00. The maximum absolute atomic E-state index is 3.11. The highest BCUT2D eigenvalue weighted by molar-refractivity contribution is 4.27. The van der Waals surface area contributed by atoms with Gasteiger partial charge in [0.2, 0.25) is 0 Å². The van der Waals surface area contributed by atoms with E-state index >= 15 is 0 Å². The molecule has 0 aliphatic carbocycles. The van der Waals surface area contributed by atoms with Crippen molar-refractivity contribution in [3.63, 3.8) is 0 Å². The standard InChI is InChI=1S/C4H11N.CH4/c1-3-5-4-2;/h5H,3-4H2,1-2H3;1H4. The molecule has 0 aromatic heterocycles. The van der Waals surface area contributed by atoms with Crippen LogP contribution < -0.4 is 5.32 Å². The molecule has 0 unspecified atom stereocenters. The Kier molecular flexibility index (Phi) is 13.8. The Morgan fingerprint density at radius 1 is 1.17 bits per heavy atom. The summed E-state index contributed by atoms with van der Waals surface area (Å²) in [6, 6.07) is 0. The zero-order chi connectivity index (χ0) is 4.12. The molecule has 0 radical (unpaired) electrons. The van der Waals surface area contributed by atoms with E-state index in [2.05, 4.69) is 19.2 Å². The Morgan fingerprint density at radius 3 is 1.50 bits per heavy atom. The summed E-state index contributed by atoms with van der Waals surface area (Å²) in [5.74, 6) is 0. The maximum Gasteiger partial charge on any atom is -0.00775 e. The predicted molar refractivity (Wildman–Crippen MR) is 30.9 cm³/mol. The smallest absolute Gasteiger partial charge is 0.00775 e. The van der Waals surface area contributed by atoms with Gasteiger partial charge in [0.25, 0.3) is 0 Å². The molecule has 0 amide bonds. The van der Waals surface area contributed by atoms with Gasteiger partial charge < -0.3 is 5.32 Å². The lowest BCUT2D eigenvalue weighted by molar-refractivity contribution is 0.762. The van der Waals surface area contributed by atoms with Gasteiger partial charge in [-0.3, -0.25) is 0 Å². The van der Waals surface area contributed by atoms with Gasteiger partial charge in [0.1, 0.15) is 0 Å². The fourth-order valence-electron chi connectivity index (χ4n) is 0.250. The Labute approximate surface area is 40.8 Å². The fraction of sp³-hybridized carbons (Fsp3) is 1.00. The molecular formula is C5H15N. The first-order valence-electron chi connectivity index (χ1n) is 2.12. The zero-order valence-corrected chi connectivity index (χ0v) is 3.91. The van der Waals surface area contributed by atoms with Crippen molar-refractivity contribution in [1.82, 2.24) is 5.32 Å². The van der Waals surface area contributed by atoms with Gasteiger partial charge in [0.15, 0.2) is 0 Å². The minimum atomic E-state index is 0. The molecule has 1 nitrogen and oxygen atoms in total. The van der Waals surface area contributed by atoms with Crippen LogP contribution in [0.3, 0.4) is 0 Å². The third kappa shape index (κ3) is 9.03. The number of nitrogens with one attached hydrogen (secondary N) is 1. The summed E-state index contributed by atoms with van der Waals surface area (Å²) >= 11 is 0. The van der Waals surface area contributed by atoms with Crippen LogP contribution in [0.4, 0.5) is 0 Å². The van der Waals surface area contributed by atoms with Gasteiger partial charge in [-0.25, -0.2) is 0 Å². The van der Waals surface area contributed by atoms with E-state index in [1.807, 2.05) is 0 Å². The number of hydrogen-bond acceptors (Lipinski definition) is 1. The minimum Gasteiger partial charge on any atom is -0.317 e. The topological polar surface area (TPSA) is 12.0 Å². The number of hydrogen-bond donors (Lipinski definition) is 1. The molecule has 0 saturated heterocycles. The summed E-state index contributed by atoms with van der Waals surface area (Å²) in [4.78, 5) is 0. The molecule has 0 rings (SSSR count). The van der Waals surface area contributed by atoms with Gasteiger partial charge >= 0.3 is 0 Å². The molecule has 6 heavy (non-hydrogen) atoms. The molecule has 0 heterocycles. The minimum absolute atomic E-state index is 0. The Bertz CT molecular complexity index is 11.4. The van der Waals surface area contributed by atoms with Crippen LogP contribution in [-0.2, 0) is 0 Å². The second kappa shape index (κ2) is 8.88. The van der Waals surface area contributed by atoms with Gasteiger partial charge in [-0.15, -0.1) is 0 Å². The van der Waals surface area contributed by atoms with Crippen molar-refractivity contribution in [1.29, 1.82) is 0 Å². The van der Waals surface area contributed by atoms with E-state index in [0.717, 1.165) is 13.1 Å². The summed E-state index contributed by atoms with van der Waals surface area (Å²) in [7, 11) is 0. The molecule has 0 aromatic carbocycles. The van der Waals surface area contributed by atoms with Crippen molar-refractivity contribution in [2.75, 3.05) is 13.1 Å². The molecule has 0 aliphatic heterocycles. The number of rotatable bonds is 2. The highest BCUT2D eigenvalue weighted by atomic mass is 14.8. The van der Waals surface area contributed by atoms with Crippen molar-refractivity contribution in [2.45, 2.75) is 21.3 Å². The molecule has 0 aliphatic rings. The molecule has 0 saturated carbocycles. The van der Waals surface area contributed by atoms with Crippen LogP contribution in [0.1, 0.15) is 21.3 Å². The van der Waals surface area contributed by atoms with Crippen LogP contribution in [-0.4, -0.2) is 13.1 Å². The van der Waals surface area contributed by atoms with Crippen LogP contribution in [0.15, 0.2) is 0 Å². The third-order valence-corrected chi connectivity index (χ3v) is 0.500. The van der Waals surface area contributed by atoms with Gasteiger partial charge in [0, 0.05) is 0 Å². The maximum atomic E-state index is 3.11. The van der Waals surface area contributed by atoms with E-state index in [-0.39, 0.29) is 7.43 Å². The first kappa shape index (κ1) is 9.35.